The molecule has 18 heavy (non-hydrogen) atoms. The minimum Gasteiger partial charge on any atom is -0.311 e. The number of hydrogen-bond donors (Lipinski definition) is 1. The van der Waals surface area contributed by atoms with Gasteiger partial charge in [-0.25, -0.2) is 4.39 Å². The monoisotopic (exact) mass is 264 g/mol. The van der Waals surface area contributed by atoms with E-state index in [1.54, 1.807) is 12.1 Å². The van der Waals surface area contributed by atoms with Gasteiger partial charge in [0.15, 0.2) is 0 Å². The van der Waals surface area contributed by atoms with E-state index in [-0.39, 0.29) is 11.4 Å². The lowest BCUT2D eigenvalue weighted by molar-refractivity contribution is 0.344. The van der Waals surface area contributed by atoms with Crippen LogP contribution in [0.3, 0.4) is 0 Å². The van der Waals surface area contributed by atoms with E-state index in [2.05, 4.69) is 11.6 Å². The number of rotatable bonds is 5. The maximum Gasteiger partial charge on any atom is 0.145 e. The molecule has 2 nitrogen and oxygen atoms in total. The molecule has 0 heterocycles. The van der Waals surface area contributed by atoms with Crippen LogP contribution < -0.4 is 5.32 Å². The van der Waals surface area contributed by atoms with Crippen molar-refractivity contribution in [2.24, 2.45) is 0 Å². The Morgan fingerprint density at radius 3 is 2.83 bits per heavy atom. The van der Waals surface area contributed by atoms with Crippen LogP contribution >= 0.6 is 11.8 Å². The topological polar surface area (TPSA) is 35.8 Å². The summed E-state index contributed by atoms with van der Waals surface area (Å²) in [6, 6.07) is 6.84. The van der Waals surface area contributed by atoms with Crippen molar-refractivity contribution in [1.82, 2.24) is 5.32 Å². The zero-order valence-corrected chi connectivity index (χ0v) is 11.3. The fraction of sp³-hybridized carbons (Fsp3) is 0.500. The van der Waals surface area contributed by atoms with Crippen molar-refractivity contribution in [3.8, 4) is 6.07 Å². The molecular weight excluding hydrogens is 247 g/mol. The van der Waals surface area contributed by atoms with Gasteiger partial charge < -0.3 is 5.32 Å². The minimum absolute atomic E-state index is 0.123. The summed E-state index contributed by atoms with van der Waals surface area (Å²) in [4.78, 5) is 0. The van der Waals surface area contributed by atoms with Gasteiger partial charge in [0.05, 0.1) is 5.56 Å². The number of nitrogens with one attached hydrogen (secondary N) is 1. The smallest absolute Gasteiger partial charge is 0.145 e. The Kier molecular flexibility index (Phi) is 4.26. The second-order valence-electron chi connectivity index (χ2n) is 4.73. The Labute approximate surface area is 112 Å². The second-order valence-corrected chi connectivity index (χ2v) is 6.01. The van der Waals surface area contributed by atoms with Crippen LogP contribution in [0.5, 0.6) is 0 Å². The molecule has 0 radical (unpaired) electrons. The lowest BCUT2D eigenvalue weighted by atomic mass is 9.84. The van der Waals surface area contributed by atoms with Gasteiger partial charge in [-0.05, 0) is 25.2 Å². The Balaban J connectivity index is 1.93. The van der Waals surface area contributed by atoms with E-state index >= 15 is 0 Å². The first kappa shape index (κ1) is 13.4. The van der Waals surface area contributed by atoms with Gasteiger partial charge in [0.2, 0.25) is 0 Å². The van der Waals surface area contributed by atoms with Gasteiger partial charge in [0, 0.05) is 23.4 Å². The number of hydrogen-bond acceptors (Lipinski definition) is 3. The van der Waals surface area contributed by atoms with Crippen molar-refractivity contribution in [2.45, 2.75) is 30.6 Å². The molecule has 1 aromatic rings. The van der Waals surface area contributed by atoms with E-state index in [1.165, 1.54) is 25.3 Å². The second kappa shape index (κ2) is 5.73. The normalized spacial score (nSPS) is 16.9. The Hall–Kier alpha value is -1.05. The quantitative estimate of drug-likeness (QED) is 0.887. The number of nitriles is 1. The highest BCUT2D eigenvalue weighted by atomic mass is 32.2. The molecule has 2 rings (SSSR count). The SMILES string of the molecule is CSC1(CNCc2cccc(C#N)c2F)CCC1. The molecule has 0 atom stereocenters. The third-order valence-electron chi connectivity index (χ3n) is 3.66. The number of thioether (sulfide) groups is 1. The molecule has 0 aromatic heterocycles. The van der Waals surface area contributed by atoms with E-state index in [0.29, 0.717) is 16.9 Å². The molecule has 0 saturated heterocycles. The summed E-state index contributed by atoms with van der Waals surface area (Å²) in [5.74, 6) is -0.390. The third kappa shape index (κ3) is 2.68. The first-order valence-electron chi connectivity index (χ1n) is 6.14. The van der Waals surface area contributed by atoms with Gasteiger partial charge in [-0.2, -0.15) is 17.0 Å². The molecule has 1 saturated carbocycles. The summed E-state index contributed by atoms with van der Waals surface area (Å²) in [7, 11) is 0. The van der Waals surface area contributed by atoms with Crippen molar-refractivity contribution >= 4 is 11.8 Å². The molecule has 1 aliphatic rings. The maximum absolute atomic E-state index is 13.8. The molecule has 1 aliphatic carbocycles. The van der Waals surface area contributed by atoms with E-state index in [0.717, 1.165) is 6.54 Å². The van der Waals surface area contributed by atoms with E-state index < -0.39 is 0 Å². The van der Waals surface area contributed by atoms with Crippen molar-refractivity contribution in [3.05, 3.63) is 35.1 Å². The Bertz CT molecular complexity index is 458. The largest absolute Gasteiger partial charge is 0.311 e. The predicted octanol–water partition coefficient (Wildman–Crippen LogP) is 3.07. The standard InChI is InChI=1S/C14H17FN2S/c1-18-14(6-3-7-14)10-17-9-12-5-2-4-11(8-16)13(12)15/h2,4-5,17H,3,6-7,9-10H2,1H3. The van der Waals surface area contributed by atoms with Crippen LogP contribution in [0.2, 0.25) is 0 Å². The summed E-state index contributed by atoms with van der Waals surface area (Å²) >= 11 is 1.90. The fourth-order valence-corrected chi connectivity index (χ4v) is 3.20. The van der Waals surface area contributed by atoms with Crippen molar-refractivity contribution < 1.29 is 4.39 Å². The summed E-state index contributed by atoms with van der Waals surface area (Å²) < 4.78 is 14.2. The van der Waals surface area contributed by atoms with Crippen LogP contribution in [0.1, 0.15) is 30.4 Å². The van der Waals surface area contributed by atoms with Gasteiger partial charge in [-0.1, -0.05) is 18.6 Å². The highest BCUT2D eigenvalue weighted by Crippen LogP contribution is 2.42. The average Bonchev–Trinajstić information content (AvgIpc) is 2.34. The van der Waals surface area contributed by atoms with Gasteiger partial charge in [-0.3, -0.25) is 0 Å². The average molecular weight is 264 g/mol. The van der Waals surface area contributed by atoms with Crippen molar-refractivity contribution in [2.75, 3.05) is 12.8 Å². The summed E-state index contributed by atoms with van der Waals surface area (Å²) in [6.45, 7) is 1.40. The molecule has 1 N–H and O–H groups in total. The Morgan fingerprint density at radius 2 is 2.28 bits per heavy atom. The zero-order chi connectivity index (χ0) is 13.0. The van der Waals surface area contributed by atoms with E-state index in [4.69, 9.17) is 5.26 Å². The molecular formula is C14H17FN2S. The zero-order valence-electron chi connectivity index (χ0n) is 10.5. The highest BCUT2D eigenvalue weighted by Gasteiger charge is 2.35. The molecule has 1 aromatic carbocycles. The summed E-state index contributed by atoms with van der Waals surface area (Å²) in [5, 5.41) is 12.1. The molecule has 0 amide bonds. The molecule has 96 valence electrons. The van der Waals surface area contributed by atoms with E-state index in [1.807, 2.05) is 17.8 Å². The molecule has 0 bridgehead atoms. The summed E-state index contributed by atoms with van der Waals surface area (Å²) in [6.07, 6.45) is 5.91. The van der Waals surface area contributed by atoms with Crippen LogP contribution in [-0.2, 0) is 6.54 Å². The number of halogens is 1. The van der Waals surface area contributed by atoms with Crippen molar-refractivity contribution in [3.63, 3.8) is 0 Å². The van der Waals surface area contributed by atoms with Crippen LogP contribution in [0, 0.1) is 17.1 Å². The molecule has 0 unspecified atom stereocenters. The number of benzene rings is 1. The van der Waals surface area contributed by atoms with Crippen LogP contribution in [0.25, 0.3) is 0 Å². The summed E-state index contributed by atoms with van der Waals surface area (Å²) in [5.41, 5.74) is 0.696. The molecule has 0 aliphatic heterocycles. The molecule has 1 fully saturated rings. The van der Waals surface area contributed by atoms with Gasteiger partial charge in [0.1, 0.15) is 11.9 Å². The lowest BCUT2D eigenvalue weighted by Crippen LogP contribution is -2.43. The molecule has 0 spiro atoms. The fourth-order valence-electron chi connectivity index (χ4n) is 2.25. The van der Waals surface area contributed by atoms with Crippen LogP contribution in [0.15, 0.2) is 18.2 Å². The van der Waals surface area contributed by atoms with Gasteiger partial charge in [-0.15, -0.1) is 0 Å². The first-order chi connectivity index (χ1) is 8.71. The predicted molar refractivity (Wildman–Crippen MR) is 72.9 cm³/mol. The number of nitrogens with zero attached hydrogens (tertiary/aromatic N) is 1. The van der Waals surface area contributed by atoms with E-state index in [9.17, 15) is 4.39 Å². The third-order valence-corrected chi connectivity index (χ3v) is 5.08. The highest BCUT2D eigenvalue weighted by molar-refractivity contribution is 8.00. The van der Waals surface area contributed by atoms with Crippen molar-refractivity contribution in [1.29, 1.82) is 5.26 Å². The molecule has 4 heteroatoms. The minimum atomic E-state index is -0.390. The lowest BCUT2D eigenvalue weighted by Gasteiger charge is -2.40. The van der Waals surface area contributed by atoms with Gasteiger partial charge >= 0.3 is 0 Å². The van der Waals surface area contributed by atoms with Crippen LogP contribution in [0.4, 0.5) is 4.39 Å². The maximum atomic E-state index is 13.8. The Morgan fingerprint density at radius 1 is 1.50 bits per heavy atom. The van der Waals surface area contributed by atoms with Gasteiger partial charge in [0.25, 0.3) is 0 Å². The first-order valence-corrected chi connectivity index (χ1v) is 7.37. The van der Waals surface area contributed by atoms with Crippen LogP contribution in [-0.4, -0.2) is 17.5 Å².